The summed E-state index contributed by atoms with van der Waals surface area (Å²) in [7, 11) is 0. The van der Waals surface area contributed by atoms with Crippen molar-refractivity contribution >= 4 is 28.6 Å². The monoisotopic (exact) mass is 237 g/mol. The predicted octanol–water partition coefficient (Wildman–Crippen LogP) is 2.29. The molecule has 1 aliphatic heterocycles. The first kappa shape index (κ1) is 11.0. The summed E-state index contributed by atoms with van der Waals surface area (Å²) in [6.45, 7) is 2.49. The number of nitrogens with zero attached hydrogens (tertiary/aromatic N) is 1. The second-order valence-electron chi connectivity index (χ2n) is 3.21. The van der Waals surface area contributed by atoms with E-state index in [0.29, 0.717) is 12.3 Å². The maximum atomic E-state index is 11.4. The third-order valence-corrected chi connectivity index (χ3v) is 2.98. The zero-order chi connectivity index (χ0) is 11.5. The molecule has 0 aromatic heterocycles. The Bertz CT molecular complexity index is 400. The van der Waals surface area contributed by atoms with Crippen molar-refractivity contribution in [2.45, 2.75) is 6.92 Å². The largest absolute Gasteiger partial charge is 0.494 e. The average molecular weight is 237 g/mol. The second kappa shape index (κ2) is 4.57. The lowest BCUT2D eigenvalue weighted by molar-refractivity contribution is -0.115. The molecule has 5 heteroatoms. The highest BCUT2D eigenvalue weighted by Gasteiger charge is 2.31. The third-order valence-electron chi connectivity index (χ3n) is 2.16. The molecule has 1 aliphatic rings. The smallest absolute Gasteiger partial charge is 0.293 e. The molecule has 0 radical (unpaired) electrons. The van der Waals surface area contributed by atoms with Gasteiger partial charge in [-0.1, -0.05) is 11.8 Å². The van der Waals surface area contributed by atoms with Gasteiger partial charge in [0, 0.05) is 0 Å². The number of benzene rings is 1. The van der Waals surface area contributed by atoms with Crippen LogP contribution in [0.4, 0.5) is 10.5 Å². The van der Waals surface area contributed by atoms with Crippen molar-refractivity contribution in [3.05, 3.63) is 24.3 Å². The van der Waals surface area contributed by atoms with Crippen LogP contribution in [0, 0.1) is 0 Å². The van der Waals surface area contributed by atoms with E-state index in [1.807, 2.05) is 6.92 Å². The maximum absolute atomic E-state index is 11.4. The molecule has 0 bridgehead atoms. The summed E-state index contributed by atoms with van der Waals surface area (Å²) >= 11 is 1.03. The van der Waals surface area contributed by atoms with Crippen LogP contribution in [-0.4, -0.2) is 23.5 Å². The van der Waals surface area contributed by atoms with Crippen LogP contribution in [0.5, 0.6) is 5.75 Å². The van der Waals surface area contributed by atoms with Crippen molar-refractivity contribution in [3.63, 3.8) is 0 Å². The van der Waals surface area contributed by atoms with Crippen LogP contribution in [-0.2, 0) is 4.79 Å². The standard InChI is InChI=1S/C11H11NO3S/c1-2-15-9-5-3-8(4-6-9)12-10(13)7-16-11(12)14/h3-6H,2,7H2,1H3. The number of hydrogen-bond acceptors (Lipinski definition) is 4. The quantitative estimate of drug-likeness (QED) is 0.809. The van der Waals surface area contributed by atoms with Crippen LogP contribution in [0.2, 0.25) is 0 Å². The van der Waals surface area contributed by atoms with Crippen LogP contribution >= 0.6 is 11.8 Å². The number of thioether (sulfide) groups is 1. The van der Waals surface area contributed by atoms with Gasteiger partial charge in [-0.3, -0.25) is 9.59 Å². The van der Waals surface area contributed by atoms with E-state index in [2.05, 4.69) is 0 Å². The summed E-state index contributed by atoms with van der Waals surface area (Å²) in [6.07, 6.45) is 0. The molecule has 0 saturated carbocycles. The van der Waals surface area contributed by atoms with E-state index in [9.17, 15) is 9.59 Å². The van der Waals surface area contributed by atoms with Gasteiger partial charge in [0.15, 0.2) is 0 Å². The lowest BCUT2D eigenvalue weighted by atomic mass is 10.3. The van der Waals surface area contributed by atoms with E-state index < -0.39 is 0 Å². The zero-order valence-corrected chi connectivity index (χ0v) is 9.62. The molecule has 1 aromatic rings. The van der Waals surface area contributed by atoms with Gasteiger partial charge in [0.05, 0.1) is 18.0 Å². The number of anilines is 1. The summed E-state index contributed by atoms with van der Waals surface area (Å²) in [5.41, 5.74) is 0.600. The molecule has 16 heavy (non-hydrogen) atoms. The minimum atomic E-state index is -0.214. The number of hydrogen-bond donors (Lipinski definition) is 0. The number of rotatable bonds is 3. The molecular weight excluding hydrogens is 226 g/mol. The molecule has 1 heterocycles. The molecule has 0 N–H and O–H groups in total. The summed E-state index contributed by atoms with van der Waals surface area (Å²) in [5, 5.41) is -0.214. The highest BCUT2D eigenvalue weighted by molar-refractivity contribution is 8.15. The predicted molar refractivity (Wildman–Crippen MR) is 63.0 cm³/mol. The van der Waals surface area contributed by atoms with Gasteiger partial charge in [0.1, 0.15) is 5.75 Å². The molecule has 1 fully saturated rings. The molecule has 1 saturated heterocycles. The molecule has 84 valence electrons. The van der Waals surface area contributed by atoms with Crippen LogP contribution < -0.4 is 9.64 Å². The lowest BCUT2D eigenvalue weighted by Gasteiger charge is -2.13. The molecular formula is C11H11NO3S. The van der Waals surface area contributed by atoms with Crippen LogP contribution in [0.1, 0.15) is 6.92 Å². The maximum Gasteiger partial charge on any atom is 0.293 e. The van der Waals surface area contributed by atoms with E-state index in [1.165, 1.54) is 4.90 Å². The van der Waals surface area contributed by atoms with Crippen molar-refractivity contribution in [1.29, 1.82) is 0 Å². The fraction of sp³-hybridized carbons (Fsp3) is 0.273. The minimum Gasteiger partial charge on any atom is -0.494 e. The Hall–Kier alpha value is -1.49. The number of amides is 2. The molecule has 0 atom stereocenters. The Balaban J connectivity index is 2.21. The van der Waals surface area contributed by atoms with Crippen molar-refractivity contribution < 1.29 is 14.3 Å². The van der Waals surface area contributed by atoms with Gasteiger partial charge in [-0.05, 0) is 31.2 Å². The Kier molecular flexibility index (Phi) is 3.14. The van der Waals surface area contributed by atoms with Gasteiger partial charge < -0.3 is 4.74 Å². The molecule has 2 rings (SSSR count). The molecule has 1 aromatic carbocycles. The molecule has 0 unspecified atom stereocenters. The SMILES string of the molecule is CCOc1ccc(N2C(=O)CSC2=O)cc1. The van der Waals surface area contributed by atoms with Crippen molar-refractivity contribution in [1.82, 2.24) is 0 Å². The summed E-state index contributed by atoms with van der Waals surface area (Å²) in [6, 6.07) is 6.93. The van der Waals surface area contributed by atoms with Gasteiger partial charge in [-0.25, -0.2) is 4.90 Å². The first-order valence-corrected chi connectivity index (χ1v) is 5.93. The Morgan fingerprint density at radius 2 is 2.00 bits per heavy atom. The Morgan fingerprint density at radius 1 is 1.31 bits per heavy atom. The molecule has 2 amide bonds. The molecule has 4 nitrogen and oxygen atoms in total. The summed E-state index contributed by atoms with van der Waals surface area (Å²) in [4.78, 5) is 24.1. The second-order valence-corrected chi connectivity index (χ2v) is 4.14. The van der Waals surface area contributed by atoms with Crippen molar-refractivity contribution in [2.24, 2.45) is 0 Å². The molecule has 0 aliphatic carbocycles. The fourth-order valence-electron chi connectivity index (χ4n) is 1.46. The van der Waals surface area contributed by atoms with Crippen LogP contribution in [0.25, 0.3) is 0 Å². The first-order valence-electron chi connectivity index (χ1n) is 4.95. The van der Waals surface area contributed by atoms with E-state index in [0.717, 1.165) is 17.5 Å². The number of carbonyl (C=O) groups excluding carboxylic acids is 2. The number of ether oxygens (including phenoxy) is 1. The topological polar surface area (TPSA) is 46.6 Å². The van der Waals surface area contributed by atoms with E-state index in [1.54, 1.807) is 24.3 Å². The van der Waals surface area contributed by atoms with Crippen molar-refractivity contribution in [2.75, 3.05) is 17.3 Å². The third kappa shape index (κ3) is 2.04. The lowest BCUT2D eigenvalue weighted by Crippen LogP contribution is -2.27. The van der Waals surface area contributed by atoms with E-state index >= 15 is 0 Å². The Labute approximate surface area is 97.6 Å². The van der Waals surface area contributed by atoms with Gasteiger partial charge in [-0.15, -0.1) is 0 Å². The average Bonchev–Trinajstić information content (AvgIpc) is 2.61. The van der Waals surface area contributed by atoms with Gasteiger partial charge in [0.2, 0.25) is 5.91 Å². The minimum absolute atomic E-state index is 0.167. The highest BCUT2D eigenvalue weighted by atomic mass is 32.2. The highest BCUT2D eigenvalue weighted by Crippen LogP contribution is 2.27. The van der Waals surface area contributed by atoms with Crippen molar-refractivity contribution in [3.8, 4) is 5.75 Å². The fourth-order valence-corrected chi connectivity index (χ4v) is 2.17. The number of imide groups is 1. The normalized spacial score (nSPS) is 15.7. The zero-order valence-electron chi connectivity index (χ0n) is 8.80. The van der Waals surface area contributed by atoms with Gasteiger partial charge in [0.25, 0.3) is 5.24 Å². The first-order chi connectivity index (χ1) is 7.72. The van der Waals surface area contributed by atoms with E-state index in [-0.39, 0.29) is 16.9 Å². The van der Waals surface area contributed by atoms with Gasteiger partial charge >= 0.3 is 0 Å². The number of carbonyl (C=O) groups is 2. The van der Waals surface area contributed by atoms with Gasteiger partial charge in [-0.2, -0.15) is 0 Å². The summed E-state index contributed by atoms with van der Waals surface area (Å²) < 4.78 is 5.28. The molecule has 0 spiro atoms. The van der Waals surface area contributed by atoms with Crippen LogP contribution in [0.3, 0.4) is 0 Å². The van der Waals surface area contributed by atoms with E-state index in [4.69, 9.17) is 4.74 Å². The Morgan fingerprint density at radius 3 is 2.50 bits per heavy atom. The van der Waals surface area contributed by atoms with Crippen LogP contribution in [0.15, 0.2) is 24.3 Å². The summed E-state index contributed by atoms with van der Waals surface area (Å²) in [5.74, 6) is 0.795.